The number of fused-ring (bicyclic) bond motifs is 1. The van der Waals surface area contributed by atoms with Crippen LogP contribution in [0.4, 0.5) is 24.5 Å². The molecule has 0 spiro atoms. The van der Waals surface area contributed by atoms with Crippen molar-refractivity contribution in [3.05, 3.63) is 60.2 Å². The van der Waals surface area contributed by atoms with Gasteiger partial charge in [0, 0.05) is 5.56 Å². The van der Waals surface area contributed by atoms with Crippen molar-refractivity contribution in [1.29, 1.82) is 0 Å². The van der Waals surface area contributed by atoms with Crippen LogP contribution in [0, 0.1) is 0 Å². The summed E-state index contributed by atoms with van der Waals surface area (Å²) in [6.07, 6.45) is -5.15. The van der Waals surface area contributed by atoms with Crippen molar-refractivity contribution in [3.8, 4) is 0 Å². The van der Waals surface area contributed by atoms with Crippen molar-refractivity contribution in [2.24, 2.45) is 10.1 Å². The molecule has 1 aliphatic rings. The molecule has 2 aromatic rings. The topological polar surface area (TPSA) is 77.2 Å². The molecule has 1 heterocycles. The number of aliphatic hydroxyl groups is 1. The van der Waals surface area contributed by atoms with Gasteiger partial charge in [0.2, 0.25) is 0 Å². The Hall–Kier alpha value is -2.87. The van der Waals surface area contributed by atoms with E-state index >= 15 is 0 Å². The minimum atomic E-state index is -5.15. The van der Waals surface area contributed by atoms with Crippen LogP contribution >= 0.6 is 0 Å². The minimum Gasteiger partial charge on any atom is -0.410 e. The highest BCUT2D eigenvalue weighted by Crippen LogP contribution is 2.39. The second-order valence-corrected chi connectivity index (χ2v) is 5.13. The molecular weight excluding hydrogens is 323 g/mol. The molecule has 0 fully saturated rings. The summed E-state index contributed by atoms with van der Waals surface area (Å²) in [5, 5.41) is 24.3. The summed E-state index contributed by atoms with van der Waals surface area (Å²) >= 11 is 0. The lowest BCUT2D eigenvalue weighted by molar-refractivity contribution is -0.219. The number of hydrogen-bond acceptors (Lipinski definition) is 5. The van der Waals surface area contributed by atoms with Gasteiger partial charge in [-0.3, -0.25) is 0 Å². The number of rotatable bonds is 1. The van der Waals surface area contributed by atoms with Crippen molar-refractivity contribution >= 4 is 22.8 Å². The minimum absolute atomic E-state index is 0.0376. The van der Waals surface area contributed by atoms with Gasteiger partial charge in [0.15, 0.2) is 5.71 Å². The molecule has 0 saturated heterocycles. The second kappa shape index (κ2) is 5.64. The number of oxime groups is 1. The van der Waals surface area contributed by atoms with Crippen molar-refractivity contribution in [1.82, 2.24) is 0 Å². The first-order chi connectivity index (χ1) is 11.4. The summed E-state index contributed by atoms with van der Waals surface area (Å²) in [5.41, 5.74) is -4.50. The third-order valence-corrected chi connectivity index (χ3v) is 3.58. The highest BCUT2D eigenvalue weighted by molar-refractivity contribution is 6.52. The number of nitrogens with zero attached hydrogens (tertiary/aromatic N) is 2. The Morgan fingerprint density at radius 2 is 1.62 bits per heavy atom. The average Bonchev–Trinajstić information content (AvgIpc) is 2.69. The first kappa shape index (κ1) is 16.0. The molecule has 5 nitrogen and oxygen atoms in total. The smallest absolute Gasteiger partial charge is 0.410 e. The first-order valence-electron chi connectivity index (χ1n) is 6.90. The van der Waals surface area contributed by atoms with Crippen molar-refractivity contribution in [3.63, 3.8) is 0 Å². The van der Waals surface area contributed by atoms with Crippen LogP contribution in [0.5, 0.6) is 0 Å². The summed E-state index contributed by atoms with van der Waals surface area (Å²) in [6, 6.07) is 13.8. The molecule has 1 atom stereocenters. The zero-order valence-electron chi connectivity index (χ0n) is 12.1. The molecular formula is C16H12F3N3O2. The van der Waals surface area contributed by atoms with Crippen LogP contribution in [0.3, 0.4) is 0 Å². The first-order valence-corrected chi connectivity index (χ1v) is 6.90. The lowest BCUT2D eigenvalue weighted by Gasteiger charge is -2.31. The SMILES string of the molecule is ON=C1C(c2ccccc2)=Nc2ccccc2NC1(O)C(F)(F)F. The lowest BCUT2D eigenvalue weighted by Crippen LogP contribution is -2.60. The molecule has 1 aliphatic heterocycles. The van der Waals surface area contributed by atoms with Crippen LogP contribution in [-0.2, 0) is 0 Å². The van der Waals surface area contributed by atoms with E-state index in [0.29, 0.717) is 0 Å². The molecule has 0 aliphatic carbocycles. The van der Waals surface area contributed by atoms with Gasteiger partial charge in [-0.2, -0.15) is 13.2 Å². The van der Waals surface area contributed by atoms with E-state index in [4.69, 9.17) is 0 Å². The van der Waals surface area contributed by atoms with Crippen molar-refractivity contribution in [2.75, 3.05) is 5.32 Å². The molecule has 0 bridgehead atoms. The van der Waals surface area contributed by atoms with Gasteiger partial charge in [-0.05, 0) is 12.1 Å². The number of halogens is 3. The van der Waals surface area contributed by atoms with Gasteiger partial charge in [-0.1, -0.05) is 47.6 Å². The number of anilines is 1. The fourth-order valence-corrected chi connectivity index (χ4v) is 2.40. The number of aliphatic imine (C=N–C) groups is 1. The van der Waals surface area contributed by atoms with E-state index in [2.05, 4.69) is 10.1 Å². The molecule has 0 radical (unpaired) electrons. The van der Waals surface area contributed by atoms with Gasteiger partial charge in [-0.15, -0.1) is 0 Å². The Balaban J connectivity index is 2.31. The Morgan fingerprint density at radius 3 is 2.25 bits per heavy atom. The summed E-state index contributed by atoms with van der Waals surface area (Å²) in [4.78, 5) is 4.17. The number of benzene rings is 2. The molecule has 0 amide bonds. The van der Waals surface area contributed by atoms with Crippen LogP contribution in [0.2, 0.25) is 0 Å². The third kappa shape index (κ3) is 2.50. The summed E-state index contributed by atoms with van der Waals surface area (Å²) in [7, 11) is 0. The van der Waals surface area contributed by atoms with E-state index < -0.39 is 17.6 Å². The van der Waals surface area contributed by atoms with Gasteiger partial charge in [0.05, 0.1) is 11.4 Å². The Kier molecular flexibility index (Phi) is 3.76. The summed E-state index contributed by atoms with van der Waals surface area (Å²) < 4.78 is 40.7. The van der Waals surface area contributed by atoms with Gasteiger partial charge in [-0.25, -0.2) is 4.99 Å². The zero-order valence-corrected chi connectivity index (χ0v) is 12.1. The predicted molar refractivity (Wildman–Crippen MR) is 82.9 cm³/mol. The van der Waals surface area contributed by atoms with E-state index in [1.54, 1.807) is 24.3 Å². The maximum Gasteiger partial charge on any atom is 0.443 e. The lowest BCUT2D eigenvalue weighted by atomic mass is 9.97. The molecule has 0 saturated carbocycles. The van der Waals surface area contributed by atoms with E-state index in [0.717, 1.165) is 0 Å². The molecule has 0 aromatic heterocycles. The largest absolute Gasteiger partial charge is 0.443 e. The number of para-hydroxylation sites is 2. The van der Waals surface area contributed by atoms with Crippen molar-refractivity contribution < 1.29 is 23.5 Å². The molecule has 2 aromatic carbocycles. The number of nitrogens with one attached hydrogen (secondary N) is 1. The fraction of sp³-hybridized carbons (Fsp3) is 0.125. The molecule has 24 heavy (non-hydrogen) atoms. The number of hydrogen-bond donors (Lipinski definition) is 3. The van der Waals surface area contributed by atoms with Gasteiger partial charge < -0.3 is 15.6 Å². The standard InChI is InChI=1S/C16H12F3N3O2/c17-16(18,19)15(23)14(22-24)13(10-6-2-1-3-7-10)20-11-8-4-5-9-12(11)21-15/h1-9,21,23-24H. The van der Waals surface area contributed by atoms with E-state index in [9.17, 15) is 23.5 Å². The van der Waals surface area contributed by atoms with Gasteiger partial charge in [0.1, 0.15) is 5.71 Å². The monoisotopic (exact) mass is 335 g/mol. The van der Waals surface area contributed by atoms with Crippen LogP contribution in [0.25, 0.3) is 0 Å². The zero-order chi connectivity index (χ0) is 17.4. The second-order valence-electron chi connectivity index (χ2n) is 5.13. The quantitative estimate of drug-likeness (QED) is 0.553. The van der Waals surface area contributed by atoms with Crippen LogP contribution in [0.15, 0.2) is 64.7 Å². The van der Waals surface area contributed by atoms with E-state index in [1.165, 1.54) is 30.3 Å². The Morgan fingerprint density at radius 1 is 1.00 bits per heavy atom. The molecule has 8 heteroatoms. The summed E-state index contributed by atoms with van der Waals surface area (Å²) in [6.45, 7) is 0. The third-order valence-electron chi connectivity index (χ3n) is 3.58. The molecule has 1 unspecified atom stereocenters. The highest BCUT2D eigenvalue weighted by Gasteiger charge is 2.60. The molecule has 3 N–H and O–H groups in total. The van der Waals surface area contributed by atoms with Crippen LogP contribution in [-0.4, -0.2) is 33.6 Å². The van der Waals surface area contributed by atoms with Crippen LogP contribution in [0.1, 0.15) is 5.56 Å². The Labute approximate surface area is 134 Å². The maximum atomic E-state index is 13.6. The van der Waals surface area contributed by atoms with Gasteiger partial charge >= 0.3 is 6.18 Å². The van der Waals surface area contributed by atoms with Crippen molar-refractivity contribution in [2.45, 2.75) is 11.9 Å². The Bertz CT molecular complexity index is 819. The predicted octanol–water partition coefficient (Wildman–Crippen LogP) is 3.31. The average molecular weight is 335 g/mol. The number of alkyl halides is 3. The summed E-state index contributed by atoms with van der Waals surface area (Å²) in [5.74, 6) is 0. The van der Waals surface area contributed by atoms with E-state index in [-0.39, 0.29) is 22.6 Å². The normalized spacial score (nSPS) is 22.3. The molecule has 124 valence electrons. The van der Waals surface area contributed by atoms with Crippen LogP contribution < -0.4 is 5.32 Å². The van der Waals surface area contributed by atoms with E-state index in [1.807, 2.05) is 5.32 Å². The molecule has 3 rings (SSSR count). The van der Waals surface area contributed by atoms with Gasteiger partial charge in [0.25, 0.3) is 5.72 Å². The highest BCUT2D eigenvalue weighted by atomic mass is 19.4. The fourth-order valence-electron chi connectivity index (χ4n) is 2.40. The maximum absolute atomic E-state index is 13.6.